The molecule has 0 amide bonds. The van der Waals surface area contributed by atoms with Crippen molar-refractivity contribution in [1.82, 2.24) is 34.5 Å². The fourth-order valence-corrected chi connectivity index (χ4v) is 4.91. The molecule has 5 aromatic heterocycles. The molecule has 0 saturated heterocycles. The number of hydrogen-bond acceptors (Lipinski definition) is 7. The van der Waals surface area contributed by atoms with E-state index in [1.165, 1.54) is 24.8 Å². The van der Waals surface area contributed by atoms with Crippen LogP contribution in [0.4, 0.5) is 0 Å². The molecule has 9 nitrogen and oxygen atoms in total. The minimum Gasteiger partial charge on any atom is -0.351 e. The molecular weight excluding hydrogens is 785 g/mol. The van der Waals surface area contributed by atoms with Crippen molar-refractivity contribution in [3.05, 3.63) is 140 Å². The molecule has 0 aliphatic carbocycles. The summed E-state index contributed by atoms with van der Waals surface area (Å²) in [7, 11) is 0. The summed E-state index contributed by atoms with van der Waals surface area (Å²) in [5, 5.41) is 0. The van der Waals surface area contributed by atoms with Gasteiger partial charge in [0, 0.05) is 75.4 Å². The zero-order valence-electron chi connectivity index (χ0n) is 28.9. The first-order valence-corrected chi connectivity index (χ1v) is 16.7. The summed E-state index contributed by atoms with van der Waals surface area (Å²) < 4.78 is 2.16. The van der Waals surface area contributed by atoms with Gasteiger partial charge in [0.25, 0.3) is 0 Å². The molecule has 0 bridgehead atoms. The third-order valence-corrected chi connectivity index (χ3v) is 7.64. The number of aliphatic imine (C=N–C) groups is 2. The zero-order chi connectivity index (χ0) is 33.8. The summed E-state index contributed by atoms with van der Waals surface area (Å²) >= 11 is 0. The Morgan fingerprint density at radius 3 is 2.33 bits per heavy atom. The van der Waals surface area contributed by atoms with E-state index in [-0.39, 0.29) is 19.8 Å². The molecule has 49 heavy (non-hydrogen) atoms. The Morgan fingerprint density at radius 2 is 1.69 bits per heavy atom. The number of nitrogens with zero attached hydrogens (tertiary/aromatic N) is 8. The van der Waals surface area contributed by atoms with Crippen molar-refractivity contribution >= 4 is 11.4 Å². The molecule has 1 N–H and O–H groups in total. The van der Waals surface area contributed by atoms with Crippen molar-refractivity contribution in [2.45, 2.75) is 72.3 Å². The molecule has 0 fully saturated rings. The first-order valence-electron chi connectivity index (χ1n) is 16.7. The number of unbranched alkanes of at least 4 members (excludes halogenated alkanes) is 1. The second-order valence-corrected chi connectivity index (χ2v) is 11.7. The van der Waals surface area contributed by atoms with Crippen LogP contribution < -0.4 is 0 Å². The molecule has 10 heteroatoms. The van der Waals surface area contributed by atoms with Crippen molar-refractivity contribution < 1.29 is 19.8 Å². The van der Waals surface area contributed by atoms with Gasteiger partial charge < -0.3 is 9.55 Å². The molecule has 0 spiro atoms. The van der Waals surface area contributed by atoms with Gasteiger partial charge in [0.05, 0.1) is 46.9 Å². The van der Waals surface area contributed by atoms with Gasteiger partial charge in [0.15, 0.2) is 0 Å². The van der Waals surface area contributed by atoms with E-state index < -0.39 is 0 Å². The molecule has 2 aliphatic rings. The molecule has 7 heterocycles. The van der Waals surface area contributed by atoms with Gasteiger partial charge in [-0.05, 0) is 87.4 Å². The van der Waals surface area contributed by atoms with Crippen LogP contribution in [0, 0.1) is 12.8 Å². The molecule has 2 atom stereocenters. The summed E-state index contributed by atoms with van der Waals surface area (Å²) in [5.74, 6) is 0.574. The number of allylic oxidation sites excluding steroid dienone is 2. The van der Waals surface area contributed by atoms with Gasteiger partial charge in [-0.1, -0.05) is 51.0 Å². The maximum Gasteiger partial charge on any atom is 0.0948 e. The Bertz CT molecular complexity index is 1710. The fraction of sp³-hybridized carbons (Fsp3) is 0.308. The summed E-state index contributed by atoms with van der Waals surface area (Å²) in [6, 6.07) is 16.5. The second-order valence-electron chi connectivity index (χ2n) is 11.7. The summed E-state index contributed by atoms with van der Waals surface area (Å²) in [4.78, 5) is 32.5. The molecular formula is C39H47N9Os. The molecule has 2 unspecified atom stereocenters. The molecule has 0 saturated carbocycles. The number of H-pyrrole nitrogens is 1. The van der Waals surface area contributed by atoms with Crippen molar-refractivity contribution in [2.75, 3.05) is 0 Å². The largest absolute Gasteiger partial charge is 0.351 e. The number of rotatable bonds is 7. The van der Waals surface area contributed by atoms with Crippen LogP contribution in [0.2, 0.25) is 0 Å². The topological polar surface area (TPSA) is 110 Å². The number of aromatic nitrogens is 7. The third-order valence-electron chi connectivity index (χ3n) is 7.64. The number of imidazole rings is 2. The van der Waals surface area contributed by atoms with Gasteiger partial charge in [-0.3, -0.25) is 20.0 Å². The Hall–Kier alpha value is -4.67. The predicted molar refractivity (Wildman–Crippen MR) is 196 cm³/mol. The van der Waals surface area contributed by atoms with Crippen LogP contribution in [0.3, 0.4) is 0 Å². The van der Waals surface area contributed by atoms with Gasteiger partial charge in [-0.15, -0.1) is 0 Å². The Balaban J connectivity index is 0.000000188. The smallest absolute Gasteiger partial charge is 0.0948 e. The Morgan fingerprint density at radius 1 is 0.878 bits per heavy atom. The van der Waals surface area contributed by atoms with Crippen molar-refractivity contribution in [2.24, 2.45) is 15.9 Å². The molecule has 2 aliphatic heterocycles. The Labute approximate surface area is 304 Å². The molecule has 0 radical (unpaired) electrons. The minimum absolute atomic E-state index is 0. The quantitative estimate of drug-likeness (QED) is 0.176. The maximum atomic E-state index is 4.64. The van der Waals surface area contributed by atoms with Crippen molar-refractivity contribution in [3.8, 4) is 11.4 Å². The van der Waals surface area contributed by atoms with E-state index in [1.807, 2.05) is 79.8 Å². The van der Waals surface area contributed by atoms with E-state index in [4.69, 9.17) is 0 Å². The summed E-state index contributed by atoms with van der Waals surface area (Å²) in [5.41, 5.74) is 7.14. The predicted octanol–water partition coefficient (Wildman–Crippen LogP) is 9.01. The van der Waals surface area contributed by atoms with Gasteiger partial charge in [0.2, 0.25) is 0 Å². The van der Waals surface area contributed by atoms with Gasteiger partial charge in [-0.2, -0.15) is 0 Å². The molecule has 5 aromatic rings. The zero-order valence-corrected chi connectivity index (χ0v) is 31.4. The Kier molecular flexibility index (Phi) is 17.4. The monoisotopic (exact) mass is 833 g/mol. The van der Waals surface area contributed by atoms with Crippen molar-refractivity contribution in [1.29, 1.82) is 0 Å². The number of pyridine rings is 3. The van der Waals surface area contributed by atoms with Crippen LogP contribution in [0.1, 0.15) is 82.3 Å². The average molecular weight is 832 g/mol. The van der Waals surface area contributed by atoms with Gasteiger partial charge in [-0.25, -0.2) is 15.0 Å². The van der Waals surface area contributed by atoms with Crippen LogP contribution >= 0.6 is 0 Å². The van der Waals surface area contributed by atoms with Crippen molar-refractivity contribution in [3.63, 3.8) is 0 Å². The van der Waals surface area contributed by atoms with Crippen LogP contribution in [-0.4, -0.2) is 45.9 Å². The standard InChI is InChI=1S/C15H13N3.C12H14N2.C9H16N2.C3H4N2.Os/c1-3-10-16-12(6-1)14-8-5-9-15(18-14)13-7-2-4-11-17-13;1-9-3-5-13-11(7-9)12-8-10(2)4-6-14-12;1-3-4-5-9(2)11-7-6-10-8-11;1-2-5-3-4-1;/h1,3-6,8-11H,2,7H2;3-7,10H,8H2,1-2H3;6-9H,3-5H2,1-2H3;1-3H,(H,4,5);. The average Bonchev–Trinajstić information content (AvgIpc) is 3.91. The second kappa shape index (κ2) is 22.1. The SMILES string of the molecule is C1=CN=C(c2cccc(-c3ccccn3)n2)CC1.CCCCC(C)n1ccnc1.Cc1ccnc(C2=NC=CC(C)C2)c1.[Os].c1c[nH]cn1. The third kappa shape index (κ3) is 13.8. The van der Waals surface area contributed by atoms with E-state index in [1.54, 1.807) is 24.9 Å². The van der Waals surface area contributed by atoms with Crippen LogP contribution in [0.15, 0.2) is 133 Å². The first kappa shape index (κ1) is 38.8. The van der Waals surface area contributed by atoms with Crippen LogP contribution in [0.25, 0.3) is 11.4 Å². The fourth-order valence-electron chi connectivity index (χ4n) is 4.91. The van der Waals surface area contributed by atoms with Crippen LogP contribution in [-0.2, 0) is 19.8 Å². The maximum absolute atomic E-state index is 4.64. The normalized spacial score (nSPS) is 15.0. The van der Waals surface area contributed by atoms with Gasteiger partial charge in [0.1, 0.15) is 0 Å². The van der Waals surface area contributed by atoms with E-state index in [0.29, 0.717) is 12.0 Å². The molecule has 0 aromatic carbocycles. The van der Waals surface area contributed by atoms with Gasteiger partial charge >= 0.3 is 0 Å². The number of hydrogen-bond donors (Lipinski definition) is 1. The van der Waals surface area contributed by atoms with E-state index in [9.17, 15) is 0 Å². The molecule has 7 rings (SSSR count). The molecule has 256 valence electrons. The van der Waals surface area contributed by atoms with E-state index in [2.05, 4.69) is 90.4 Å². The summed E-state index contributed by atoms with van der Waals surface area (Å²) in [6.45, 7) is 8.73. The first-order chi connectivity index (χ1) is 23.5. The van der Waals surface area contributed by atoms with E-state index in [0.717, 1.165) is 53.5 Å². The van der Waals surface area contributed by atoms with Crippen LogP contribution in [0.5, 0.6) is 0 Å². The summed E-state index contributed by atoms with van der Waals surface area (Å²) in [6.07, 6.45) is 29.2. The number of nitrogens with one attached hydrogen (secondary N) is 1. The number of aryl methyl sites for hydroxylation is 1. The minimum atomic E-state index is 0. The van der Waals surface area contributed by atoms with E-state index >= 15 is 0 Å². The number of aromatic amines is 1.